The summed E-state index contributed by atoms with van der Waals surface area (Å²) in [6.45, 7) is 4.15. The number of carbonyl (C=O) groups is 1. The van der Waals surface area contributed by atoms with Gasteiger partial charge in [0.25, 0.3) is 0 Å². The number of carbonyl (C=O) groups excluding carboxylic acids is 1. The Labute approximate surface area is 113 Å². The van der Waals surface area contributed by atoms with Crippen molar-refractivity contribution in [1.29, 1.82) is 0 Å². The molecule has 3 nitrogen and oxygen atoms in total. The molecule has 0 spiro atoms. The lowest BCUT2D eigenvalue weighted by Gasteiger charge is -2.28. The van der Waals surface area contributed by atoms with E-state index in [4.69, 9.17) is 18.0 Å². The van der Waals surface area contributed by atoms with Crippen molar-refractivity contribution in [3.8, 4) is 0 Å². The average molecular weight is 274 g/mol. The molecule has 0 aromatic rings. The van der Waals surface area contributed by atoms with Crippen LogP contribution in [0.5, 0.6) is 0 Å². The minimum atomic E-state index is -0.569. The van der Waals surface area contributed by atoms with Gasteiger partial charge in [0.15, 0.2) is 0 Å². The average Bonchev–Trinajstić information content (AvgIpc) is 2.76. The Morgan fingerprint density at radius 2 is 2.12 bits per heavy atom. The standard InChI is InChI=1S/C12H22N2OS2/c1-3-17-8-9(2)14-11(15)12(10(13)16)6-4-5-7-12/h9H,3-8H2,1-2H3,(H2,13,16)(H,14,15). The zero-order valence-electron chi connectivity index (χ0n) is 10.6. The first-order valence-electron chi connectivity index (χ1n) is 6.21. The van der Waals surface area contributed by atoms with Crippen LogP contribution in [0.4, 0.5) is 0 Å². The molecule has 0 saturated heterocycles. The third-order valence-corrected chi connectivity index (χ3v) is 4.85. The third kappa shape index (κ3) is 3.58. The van der Waals surface area contributed by atoms with E-state index in [2.05, 4.69) is 12.2 Å². The van der Waals surface area contributed by atoms with Gasteiger partial charge < -0.3 is 11.1 Å². The zero-order valence-corrected chi connectivity index (χ0v) is 12.3. The number of nitrogens with one attached hydrogen (secondary N) is 1. The molecule has 3 N–H and O–H groups in total. The zero-order chi connectivity index (χ0) is 12.9. The topological polar surface area (TPSA) is 55.1 Å². The van der Waals surface area contributed by atoms with Crippen molar-refractivity contribution >= 4 is 34.9 Å². The molecule has 0 aliphatic heterocycles. The molecule has 0 radical (unpaired) electrons. The van der Waals surface area contributed by atoms with Crippen molar-refractivity contribution in [2.75, 3.05) is 11.5 Å². The van der Waals surface area contributed by atoms with E-state index in [1.807, 2.05) is 18.7 Å². The van der Waals surface area contributed by atoms with Crippen LogP contribution < -0.4 is 11.1 Å². The molecule has 0 bridgehead atoms. The predicted octanol–water partition coefficient (Wildman–Crippen LogP) is 2.09. The van der Waals surface area contributed by atoms with Crippen molar-refractivity contribution < 1.29 is 4.79 Å². The lowest BCUT2D eigenvalue weighted by molar-refractivity contribution is -0.127. The second-order valence-corrected chi connectivity index (χ2v) is 6.45. The van der Waals surface area contributed by atoms with Crippen LogP contribution in [0.2, 0.25) is 0 Å². The molecular weight excluding hydrogens is 252 g/mol. The summed E-state index contributed by atoms with van der Waals surface area (Å²) in [4.78, 5) is 12.7. The Morgan fingerprint density at radius 1 is 1.53 bits per heavy atom. The first kappa shape index (κ1) is 14.8. The summed E-state index contributed by atoms with van der Waals surface area (Å²) >= 11 is 6.92. The molecule has 0 aromatic carbocycles. The quantitative estimate of drug-likeness (QED) is 0.728. The summed E-state index contributed by atoms with van der Waals surface area (Å²) in [6.07, 6.45) is 3.70. The molecule has 1 aliphatic rings. The second-order valence-electron chi connectivity index (χ2n) is 4.69. The van der Waals surface area contributed by atoms with Crippen LogP contribution in [0.3, 0.4) is 0 Å². The van der Waals surface area contributed by atoms with Crippen LogP contribution in [0.1, 0.15) is 39.5 Å². The minimum Gasteiger partial charge on any atom is -0.392 e. The van der Waals surface area contributed by atoms with Crippen molar-refractivity contribution in [3.63, 3.8) is 0 Å². The van der Waals surface area contributed by atoms with Crippen molar-refractivity contribution in [2.45, 2.75) is 45.6 Å². The third-order valence-electron chi connectivity index (χ3n) is 3.31. The number of thiocarbonyl (C=S) groups is 1. The highest BCUT2D eigenvalue weighted by atomic mass is 32.2. The summed E-state index contributed by atoms with van der Waals surface area (Å²) in [6, 6.07) is 0.180. The number of rotatable bonds is 6. The highest BCUT2D eigenvalue weighted by Gasteiger charge is 2.44. The van der Waals surface area contributed by atoms with Crippen molar-refractivity contribution in [3.05, 3.63) is 0 Å². The van der Waals surface area contributed by atoms with E-state index >= 15 is 0 Å². The van der Waals surface area contributed by atoms with Crippen LogP contribution in [-0.4, -0.2) is 28.4 Å². The maximum absolute atomic E-state index is 12.3. The summed E-state index contributed by atoms with van der Waals surface area (Å²) in [5, 5.41) is 3.05. The fourth-order valence-electron chi connectivity index (χ4n) is 2.26. The number of hydrogen-bond acceptors (Lipinski definition) is 3. The Morgan fingerprint density at radius 3 is 2.59 bits per heavy atom. The van der Waals surface area contributed by atoms with Gasteiger partial charge in [0.2, 0.25) is 5.91 Å². The maximum Gasteiger partial charge on any atom is 0.233 e. The molecule has 1 saturated carbocycles. The molecule has 0 heterocycles. The van der Waals surface area contributed by atoms with Gasteiger partial charge in [0, 0.05) is 11.8 Å². The van der Waals surface area contributed by atoms with E-state index in [0.717, 1.165) is 37.2 Å². The lowest BCUT2D eigenvalue weighted by atomic mass is 9.85. The van der Waals surface area contributed by atoms with Gasteiger partial charge in [0.1, 0.15) is 0 Å². The number of amides is 1. The molecule has 1 rings (SSSR count). The SMILES string of the molecule is CCSCC(C)NC(=O)C1(C(N)=S)CCCC1. The number of nitrogens with two attached hydrogens (primary N) is 1. The van der Waals surface area contributed by atoms with Gasteiger partial charge in [-0.05, 0) is 25.5 Å². The Kier molecular flexibility index (Phi) is 5.73. The van der Waals surface area contributed by atoms with Gasteiger partial charge in [-0.25, -0.2) is 0 Å². The summed E-state index contributed by atoms with van der Waals surface area (Å²) < 4.78 is 0. The van der Waals surface area contributed by atoms with E-state index < -0.39 is 5.41 Å². The van der Waals surface area contributed by atoms with E-state index in [1.165, 1.54) is 0 Å². The van der Waals surface area contributed by atoms with Crippen molar-refractivity contribution in [2.24, 2.45) is 11.1 Å². The number of hydrogen-bond donors (Lipinski definition) is 2. The highest BCUT2D eigenvalue weighted by molar-refractivity contribution is 7.99. The molecule has 1 unspecified atom stereocenters. The molecule has 17 heavy (non-hydrogen) atoms. The Bertz CT molecular complexity index is 288. The van der Waals surface area contributed by atoms with E-state index in [0.29, 0.717) is 4.99 Å². The van der Waals surface area contributed by atoms with E-state index in [1.54, 1.807) is 0 Å². The van der Waals surface area contributed by atoms with Crippen LogP contribution in [0.15, 0.2) is 0 Å². The molecule has 1 amide bonds. The Balaban J connectivity index is 2.58. The van der Waals surface area contributed by atoms with Crippen LogP contribution in [0, 0.1) is 5.41 Å². The molecule has 98 valence electrons. The summed E-state index contributed by atoms with van der Waals surface area (Å²) in [7, 11) is 0. The minimum absolute atomic E-state index is 0.0340. The summed E-state index contributed by atoms with van der Waals surface area (Å²) in [5.74, 6) is 2.04. The smallest absolute Gasteiger partial charge is 0.233 e. The molecule has 0 aromatic heterocycles. The molecule has 1 aliphatic carbocycles. The monoisotopic (exact) mass is 274 g/mol. The second kappa shape index (κ2) is 6.59. The Hall–Kier alpha value is -0.290. The summed E-state index contributed by atoms with van der Waals surface area (Å²) in [5.41, 5.74) is 5.21. The van der Waals surface area contributed by atoms with Gasteiger partial charge in [-0.15, -0.1) is 0 Å². The van der Waals surface area contributed by atoms with Crippen LogP contribution in [0.25, 0.3) is 0 Å². The van der Waals surface area contributed by atoms with Gasteiger partial charge >= 0.3 is 0 Å². The van der Waals surface area contributed by atoms with E-state index in [-0.39, 0.29) is 11.9 Å². The number of thioether (sulfide) groups is 1. The predicted molar refractivity (Wildman–Crippen MR) is 78.3 cm³/mol. The highest BCUT2D eigenvalue weighted by Crippen LogP contribution is 2.38. The lowest BCUT2D eigenvalue weighted by Crippen LogP contribution is -2.50. The van der Waals surface area contributed by atoms with E-state index in [9.17, 15) is 4.79 Å². The van der Waals surface area contributed by atoms with Gasteiger partial charge in [0.05, 0.1) is 10.4 Å². The fourth-order valence-corrected chi connectivity index (χ4v) is 3.23. The first-order chi connectivity index (χ1) is 8.03. The van der Waals surface area contributed by atoms with Crippen LogP contribution >= 0.6 is 24.0 Å². The van der Waals surface area contributed by atoms with Gasteiger partial charge in [-0.2, -0.15) is 11.8 Å². The largest absolute Gasteiger partial charge is 0.392 e. The normalized spacial score (nSPS) is 19.9. The van der Waals surface area contributed by atoms with Crippen molar-refractivity contribution in [1.82, 2.24) is 5.32 Å². The maximum atomic E-state index is 12.3. The van der Waals surface area contributed by atoms with Gasteiger partial charge in [-0.3, -0.25) is 4.79 Å². The molecule has 1 atom stereocenters. The van der Waals surface area contributed by atoms with Gasteiger partial charge in [-0.1, -0.05) is 32.0 Å². The molecular formula is C12H22N2OS2. The molecule has 1 fully saturated rings. The molecule has 5 heteroatoms. The first-order valence-corrected chi connectivity index (χ1v) is 7.78. The fraction of sp³-hybridized carbons (Fsp3) is 0.833. The van der Waals surface area contributed by atoms with Crippen LogP contribution in [-0.2, 0) is 4.79 Å².